The Hall–Kier alpha value is -7.00. The number of nitro benzene ring substituents is 1. The van der Waals surface area contributed by atoms with E-state index in [4.69, 9.17) is 29.7 Å². The zero-order valence-corrected chi connectivity index (χ0v) is 43.3. The van der Waals surface area contributed by atoms with Gasteiger partial charge in [0.05, 0.1) is 51.5 Å². The number of carbonyl (C=O) groups is 1. The van der Waals surface area contributed by atoms with E-state index >= 15 is 8.42 Å². The number of aryl methyl sites for hydroxylation is 1. The molecule has 1 spiro atoms. The van der Waals surface area contributed by atoms with Gasteiger partial charge in [0.25, 0.3) is 11.6 Å². The Labute approximate surface area is 440 Å². The van der Waals surface area contributed by atoms with E-state index in [1.807, 2.05) is 29.4 Å². The van der Waals surface area contributed by atoms with Gasteiger partial charge in [-0.15, -0.1) is 0 Å². The number of benzene rings is 3. The SMILES string of the molecule is Cc1ccccc1[C@@H]1CN(c2ccncc2)CCN1C1CC2(CCN(c3ccc(C(N)=O)c(N4c5cc6cc[nH]c6nc5O[C@H]5COCC[C@@H]54)c3S(=O)(=O)c3cc4c(c([N+](=O)[O-])c3)N[C@H](C3CCOCC3)CO4)CC2)C1. The third-order valence-electron chi connectivity index (χ3n) is 17.6. The summed E-state index contributed by atoms with van der Waals surface area (Å²) in [6, 6.07) is 22.3. The molecular weight excluding hydrogens is 989 g/mol. The summed E-state index contributed by atoms with van der Waals surface area (Å²) in [5.74, 6) is -0.389. The van der Waals surface area contributed by atoms with Gasteiger partial charge in [-0.2, -0.15) is 4.98 Å². The van der Waals surface area contributed by atoms with Gasteiger partial charge in [0.15, 0.2) is 11.4 Å². The van der Waals surface area contributed by atoms with Gasteiger partial charge < -0.3 is 49.7 Å². The second kappa shape index (κ2) is 19.2. The van der Waals surface area contributed by atoms with Crippen LogP contribution in [0.5, 0.6) is 11.6 Å². The van der Waals surface area contributed by atoms with Crippen molar-refractivity contribution in [1.29, 1.82) is 0 Å². The maximum atomic E-state index is 16.2. The highest BCUT2D eigenvalue weighted by atomic mass is 32.2. The van der Waals surface area contributed by atoms with E-state index in [0.29, 0.717) is 62.4 Å². The van der Waals surface area contributed by atoms with Crippen molar-refractivity contribution in [3.63, 3.8) is 0 Å². The molecule has 1 aliphatic carbocycles. The summed E-state index contributed by atoms with van der Waals surface area (Å²) in [5, 5.41) is 17.2. The molecule has 396 valence electrons. The van der Waals surface area contributed by atoms with Gasteiger partial charge in [0.2, 0.25) is 15.7 Å². The topological polar surface area (TPSA) is 224 Å². The van der Waals surface area contributed by atoms with Crippen LogP contribution in [0.3, 0.4) is 0 Å². The zero-order chi connectivity index (χ0) is 51.9. The molecule has 0 unspecified atom stereocenters. The number of ether oxygens (including phenoxy) is 4. The number of nitrogens with zero attached hydrogens (tertiary/aromatic N) is 7. The molecule has 0 radical (unpaired) electrons. The molecule has 6 aliphatic heterocycles. The molecule has 4 N–H and O–H groups in total. The summed E-state index contributed by atoms with van der Waals surface area (Å²) in [5.41, 5.74) is 11.3. The van der Waals surface area contributed by atoms with Gasteiger partial charge in [0, 0.05) is 100 Å². The fourth-order valence-corrected chi connectivity index (χ4v) is 15.2. The largest absolute Gasteiger partial charge is 0.489 e. The number of H-pyrrole nitrogens is 1. The minimum Gasteiger partial charge on any atom is -0.489 e. The quantitative estimate of drug-likeness (QED) is 0.0883. The van der Waals surface area contributed by atoms with Gasteiger partial charge in [-0.25, -0.2) is 8.42 Å². The minimum absolute atomic E-state index is 0.0261. The lowest BCUT2D eigenvalue weighted by molar-refractivity contribution is -0.384. The minimum atomic E-state index is -4.79. The fourth-order valence-electron chi connectivity index (χ4n) is 13.5. The molecule has 1 amide bonds. The second-order valence-electron chi connectivity index (χ2n) is 21.8. The molecule has 3 aromatic carbocycles. The lowest BCUT2D eigenvalue weighted by Gasteiger charge is -2.58. The number of nitrogens with two attached hydrogens (primary N) is 1. The first-order chi connectivity index (χ1) is 36.9. The number of piperidine rings is 1. The van der Waals surface area contributed by atoms with E-state index in [-0.39, 0.29) is 75.0 Å². The molecule has 20 heteroatoms. The normalized spacial score (nSPS) is 23.9. The van der Waals surface area contributed by atoms with Gasteiger partial charge in [-0.1, -0.05) is 24.3 Å². The summed E-state index contributed by atoms with van der Waals surface area (Å²) in [6.45, 7) is 7.87. The average Bonchev–Trinajstić information content (AvgIpc) is 4.05. The number of anilines is 5. The zero-order valence-electron chi connectivity index (χ0n) is 42.4. The average molecular weight is 1050 g/mol. The van der Waals surface area contributed by atoms with Crippen molar-refractivity contribution in [3.05, 3.63) is 118 Å². The third kappa shape index (κ3) is 8.44. The molecule has 76 heavy (non-hydrogen) atoms. The van der Waals surface area contributed by atoms with Crippen LogP contribution in [0.2, 0.25) is 0 Å². The number of aromatic nitrogens is 3. The number of nitro groups is 1. The lowest BCUT2D eigenvalue weighted by Crippen LogP contribution is -2.60. The van der Waals surface area contributed by atoms with Crippen LogP contribution >= 0.6 is 0 Å². The number of fused-ring (bicyclic) bond motifs is 4. The van der Waals surface area contributed by atoms with Crippen molar-refractivity contribution in [1.82, 2.24) is 19.9 Å². The highest BCUT2D eigenvalue weighted by Gasteiger charge is 2.51. The number of aromatic amines is 1. The van der Waals surface area contributed by atoms with Crippen LogP contribution < -0.4 is 35.2 Å². The number of hydrogen-bond acceptors (Lipinski definition) is 16. The van der Waals surface area contributed by atoms with Crippen LogP contribution in [-0.4, -0.2) is 129 Å². The van der Waals surface area contributed by atoms with E-state index in [1.165, 1.54) is 22.9 Å². The third-order valence-corrected chi connectivity index (χ3v) is 19.4. The summed E-state index contributed by atoms with van der Waals surface area (Å²) < 4.78 is 56.9. The van der Waals surface area contributed by atoms with Crippen LogP contribution in [0.1, 0.15) is 72.5 Å². The number of nitrogens with one attached hydrogen (secondary N) is 2. The molecule has 7 aliphatic rings. The molecule has 19 nitrogen and oxygen atoms in total. The molecule has 3 aromatic heterocycles. The molecule has 4 atom stereocenters. The Morgan fingerprint density at radius 2 is 1.68 bits per heavy atom. The molecule has 4 saturated heterocycles. The van der Waals surface area contributed by atoms with Crippen LogP contribution in [0, 0.1) is 28.4 Å². The maximum absolute atomic E-state index is 16.2. The number of piperazine rings is 1. The van der Waals surface area contributed by atoms with Gasteiger partial charge in [0.1, 0.15) is 28.9 Å². The lowest BCUT2D eigenvalue weighted by atomic mass is 9.59. The van der Waals surface area contributed by atoms with E-state index in [2.05, 4.69) is 73.3 Å². The summed E-state index contributed by atoms with van der Waals surface area (Å²) in [4.78, 5) is 47.5. The predicted molar refractivity (Wildman–Crippen MR) is 286 cm³/mol. The number of hydrogen-bond donors (Lipinski definition) is 3. The highest BCUT2D eigenvalue weighted by Crippen LogP contribution is 2.56. The van der Waals surface area contributed by atoms with E-state index in [1.54, 1.807) is 18.3 Å². The van der Waals surface area contributed by atoms with E-state index in [9.17, 15) is 14.9 Å². The Bertz CT molecular complexity index is 3340. The van der Waals surface area contributed by atoms with Gasteiger partial charge in [-0.3, -0.25) is 24.8 Å². The summed E-state index contributed by atoms with van der Waals surface area (Å²) in [7, 11) is -4.79. The van der Waals surface area contributed by atoms with Crippen LogP contribution in [0.25, 0.3) is 11.0 Å². The summed E-state index contributed by atoms with van der Waals surface area (Å²) in [6.07, 6.45) is 10.5. The number of sulfone groups is 1. The van der Waals surface area contributed by atoms with Crippen LogP contribution in [-0.2, 0) is 19.3 Å². The van der Waals surface area contributed by atoms with Gasteiger partial charge >= 0.3 is 0 Å². The first-order valence-corrected chi connectivity index (χ1v) is 28.2. The Balaban J connectivity index is 0.881. The van der Waals surface area contributed by atoms with Crippen LogP contribution in [0.15, 0.2) is 101 Å². The number of rotatable bonds is 10. The Kier molecular flexibility index (Phi) is 12.3. The molecule has 0 bridgehead atoms. The second-order valence-corrected chi connectivity index (χ2v) is 23.6. The smallest absolute Gasteiger partial charge is 0.297 e. The van der Waals surface area contributed by atoms with Gasteiger partial charge in [-0.05, 0) is 111 Å². The molecule has 5 fully saturated rings. The first kappa shape index (κ1) is 48.6. The van der Waals surface area contributed by atoms with Crippen molar-refractivity contribution in [2.24, 2.45) is 17.1 Å². The molecule has 13 rings (SSSR count). The Morgan fingerprint density at radius 3 is 2.46 bits per heavy atom. The van der Waals surface area contributed by atoms with Crippen molar-refractivity contribution in [2.75, 3.05) is 85.8 Å². The summed E-state index contributed by atoms with van der Waals surface area (Å²) >= 11 is 0. The number of carbonyl (C=O) groups excluding carboxylic acids is 1. The highest BCUT2D eigenvalue weighted by molar-refractivity contribution is 7.91. The fraction of sp³-hybridized carbons (Fsp3) is 0.446. The molecule has 1 saturated carbocycles. The van der Waals surface area contributed by atoms with E-state index < -0.39 is 38.5 Å². The molecule has 6 aromatic rings. The molecular formula is C56H62N10O9S. The van der Waals surface area contributed by atoms with Crippen LogP contribution in [0.4, 0.5) is 34.1 Å². The van der Waals surface area contributed by atoms with Crippen molar-refractivity contribution in [2.45, 2.75) is 91.9 Å². The number of amides is 1. The number of primary amides is 1. The Morgan fingerprint density at radius 1 is 0.895 bits per heavy atom. The number of pyridine rings is 2. The first-order valence-electron chi connectivity index (χ1n) is 26.7. The molecule has 9 heterocycles. The monoisotopic (exact) mass is 1050 g/mol. The van der Waals surface area contributed by atoms with E-state index in [0.717, 1.165) is 69.6 Å². The maximum Gasteiger partial charge on any atom is 0.297 e. The van der Waals surface area contributed by atoms with Crippen molar-refractivity contribution >= 4 is 60.9 Å². The predicted octanol–water partition coefficient (Wildman–Crippen LogP) is 7.71. The standard InChI is InChI=1S/C56H62N10O9S/c1-34-4-2-3-5-40(34)47-31-63(37-9-16-58-17-10-37)21-22-64(47)38-29-56(30-38)14-19-62(20-15-56)44-7-6-41(53(57)67)51(65-43-13-25-73-33-49(43)75-55-46(65)26-36-8-18-59-54(36)61-55)52(44)76(70,71)39-27-45(66(68)69)50-48(28-39)74-32-42(60-50)35-11-23-72-24-12-35/h2-10,16-18,26-28,35,38,42-43,47,49,60H,11-15,19-25,29-33H2,1H3,(H2,57,67)(H,59,61)/t42-,43-,47-,49-/m0/s1. The van der Waals surface area contributed by atoms with Crippen molar-refractivity contribution < 1.29 is 37.1 Å². The van der Waals surface area contributed by atoms with Crippen molar-refractivity contribution in [3.8, 4) is 11.6 Å².